The predicted molar refractivity (Wildman–Crippen MR) is 114 cm³/mol. The number of amides is 2. The molecule has 5 atom stereocenters. The number of para-hydroxylation sites is 1. The van der Waals surface area contributed by atoms with Gasteiger partial charge in [-0.25, -0.2) is 4.79 Å². The Morgan fingerprint density at radius 2 is 1.82 bits per heavy atom. The fourth-order valence-electron chi connectivity index (χ4n) is 4.91. The Labute approximate surface area is 180 Å². The van der Waals surface area contributed by atoms with Crippen LogP contribution in [0, 0.1) is 17.8 Å². The van der Waals surface area contributed by atoms with Crippen LogP contribution in [-0.4, -0.2) is 35.7 Å². The number of alkyl halides is 1. The van der Waals surface area contributed by atoms with Gasteiger partial charge in [0.15, 0.2) is 0 Å². The van der Waals surface area contributed by atoms with Gasteiger partial charge in [-0.3, -0.25) is 4.90 Å². The number of halogens is 3. The van der Waals surface area contributed by atoms with E-state index in [0.29, 0.717) is 28.2 Å². The molecule has 4 nitrogen and oxygen atoms in total. The molecule has 2 N–H and O–H groups in total. The van der Waals surface area contributed by atoms with Gasteiger partial charge in [0.05, 0.1) is 28.4 Å². The lowest BCUT2D eigenvalue weighted by molar-refractivity contribution is 0.157. The van der Waals surface area contributed by atoms with Gasteiger partial charge in [0.1, 0.15) is 0 Å². The van der Waals surface area contributed by atoms with Crippen molar-refractivity contribution in [3.8, 4) is 0 Å². The molecule has 1 aromatic rings. The van der Waals surface area contributed by atoms with Crippen molar-refractivity contribution < 1.29 is 9.90 Å². The Hall–Kier alpha value is -1.20. The van der Waals surface area contributed by atoms with E-state index in [1.807, 2.05) is 6.08 Å². The first kappa shape index (κ1) is 20.1. The molecule has 1 aromatic carbocycles. The fourth-order valence-corrected chi connectivity index (χ4v) is 5.88. The summed E-state index contributed by atoms with van der Waals surface area (Å²) in [5.41, 5.74) is 1.45. The summed E-state index contributed by atoms with van der Waals surface area (Å²) in [6, 6.07) is 4.78. The van der Waals surface area contributed by atoms with E-state index in [1.165, 1.54) is 0 Å². The topological polar surface area (TPSA) is 52.6 Å². The molecule has 5 unspecified atom stereocenters. The van der Waals surface area contributed by atoms with Crippen molar-refractivity contribution in [2.75, 3.05) is 18.1 Å². The molecule has 3 aliphatic rings. The number of fused-ring (bicyclic) bond motifs is 1. The lowest BCUT2D eigenvalue weighted by atomic mass is 9.66. The summed E-state index contributed by atoms with van der Waals surface area (Å²) in [6.45, 7) is 0.548. The summed E-state index contributed by atoms with van der Waals surface area (Å²) in [4.78, 5) is 14.5. The van der Waals surface area contributed by atoms with Crippen molar-refractivity contribution in [2.45, 2.75) is 30.7 Å². The van der Waals surface area contributed by atoms with Crippen LogP contribution >= 0.6 is 34.8 Å². The number of nitrogens with zero attached hydrogens (tertiary/aromatic N) is 1. The highest BCUT2D eigenvalue weighted by Crippen LogP contribution is 2.46. The monoisotopic (exact) mass is 440 g/mol. The molecular formula is C21H23Cl3N2O2. The third-order valence-electron chi connectivity index (χ3n) is 6.23. The van der Waals surface area contributed by atoms with Crippen molar-refractivity contribution in [3.63, 3.8) is 0 Å². The Morgan fingerprint density at radius 1 is 1.11 bits per heavy atom. The van der Waals surface area contributed by atoms with Crippen molar-refractivity contribution >= 4 is 46.5 Å². The van der Waals surface area contributed by atoms with Crippen molar-refractivity contribution in [2.24, 2.45) is 17.8 Å². The highest BCUT2D eigenvalue weighted by Gasteiger charge is 2.46. The molecule has 1 fully saturated rings. The smallest absolute Gasteiger partial charge is 0.322 e. The normalized spacial score (nSPS) is 32.6. The minimum atomic E-state index is -0.226. The van der Waals surface area contributed by atoms with Crippen molar-refractivity contribution in [1.82, 2.24) is 5.32 Å². The first-order chi connectivity index (χ1) is 13.5. The second kappa shape index (κ2) is 8.27. The van der Waals surface area contributed by atoms with Crippen molar-refractivity contribution in [1.29, 1.82) is 0 Å². The maximum absolute atomic E-state index is 12.9. The van der Waals surface area contributed by atoms with Crippen LogP contribution in [0.15, 0.2) is 42.0 Å². The quantitative estimate of drug-likeness (QED) is 0.511. The van der Waals surface area contributed by atoms with E-state index in [2.05, 4.69) is 17.5 Å². The number of carbonyl (C=O) groups excluding carboxylic acids is 1. The number of allylic oxidation sites excluding steroid dienone is 2. The van der Waals surface area contributed by atoms with Crippen LogP contribution in [0.1, 0.15) is 19.3 Å². The van der Waals surface area contributed by atoms with E-state index in [9.17, 15) is 9.90 Å². The van der Waals surface area contributed by atoms with Crippen LogP contribution in [0.5, 0.6) is 0 Å². The molecule has 150 valence electrons. The van der Waals surface area contributed by atoms with Gasteiger partial charge >= 0.3 is 6.03 Å². The molecule has 1 heterocycles. The summed E-state index contributed by atoms with van der Waals surface area (Å²) in [6.07, 6.45) is 8.91. The van der Waals surface area contributed by atoms with E-state index < -0.39 is 0 Å². The van der Waals surface area contributed by atoms with Crippen LogP contribution in [0.2, 0.25) is 10.0 Å². The molecule has 2 amide bonds. The fraction of sp³-hybridized carbons (Fsp3) is 0.476. The minimum Gasteiger partial charge on any atom is -0.392 e. The molecule has 1 aliphatic heterocycles. The molecule has 4 rings (SSSR count). The average Bonchev–Trinajstić information content (AvgIpc) is 2.69. The molecule has 28 heavy (non-hydrogen) atoms. The third kappa shape index (κ3) is 3.56. The highest BCUT2D eigenvalue weighted by molar-refractivity contribution is 6.40. The van der Waals surface area contributed by atoms with Gasteiger partial charge in [-0.15, -0.1) is 11.6 Å². The third-order valence-corrected chi connectivity index (χ3v) is 7.34. The van der Waals surface area contributed by atoms with E-state index in [1.54, 1.807) is 23.1 Å². The van der Waals surface area contributed by atoms with Gasteiger partial charge in [-0.1, -0.05) is 47.5 Å². The Bertz CT molecular complexity index is 806. The van der Waals surface area contributed by atoms with E-state index in [-0.39, 0.29) is 35.9 Å². The Balaban J connectivity index is 1.76. The molecule has 0 spiro atoms. The van der Waals surface area contributed by atoms with Gasteiger partial charge in [-0.05, 0) is 48.8 Å². The first-order valence-corrected chi connectivity index (χ1v) is 10.8. The van der Waals surface area contributed by atoms with E-state index >= 15 is 0 Å². The molecule has 0 radical (unpaired) electrons. The molecule has 0 aromatic heterocycles. The van der Waals surface area contributed by atoms with Gasteiger partial charge in [-0.2, -0.15) is 0 Å². The Kier molecular flexibility index (Phi) is 5.93. The number of hydrogen-bond donors (Lipinski definition) is 2. The summed E-state index contributed by atoms with van der Waals surface area (Å²) < 4.78 is 0. The second-order valence-corrected chi connectivity index (χ2v) is 9.13. The largest absolute Gasteiger partial charge is 0.392 e. The van der Waals surface area contributed by atoms with Gasteiger partial charge in [0, 0.05) is 17.8 Å². The average molecular weight is 442 g/mol. The molecule has 1 saturated heterocycles. The second-order valence-electron chi connectivity index (χ2n) is 7.75. The van der Waals surface area contributed by atoms with Gasteiger partial charge in [0.25, 0.3) is 0 Å². The number of nitrogens with one attached hydrogen (secondary N) is 1. The first-order valence-electron chi connectivity index (χ1n) is 9.61. The number of urea groups is 1. The number of aliphatic hydroxyl groups is 1. The molecule has 0 saturated carbocycles. The maximum atomic E-state index is 12.9. The zero-order valence-corrected chi connectivity index (χ0v) is 17.6. The number of hydrogen-bond acceptors (Lipinski definition) is 2. The van der Waals surface area contributed by atoms with Gasteiger partial charge < -0.3 is 10.4 Å². The standard InChI is InChI=1S/C21H23Cl3N2O2/c22-16-5-2-1-4-13(16)14-8-12(11-27)9-19-15(14)10-25-21(28)26(19)20-17(23)6-3-7-18(20)24/h1-3,6-7,9,13-16,19,27H,4-5,8,10-11H2,(H,25,28). The maximum Gasteiger partial charge on any atom is 0.322 e. The van der Waals surface area contributed by atoms with Gasteiger partial charge in [0.2, 0.25) is 0 Å². The number of anilines is 1. The highest BCUT2D eigenvalue weighted by atomic mass is 35.5. The lowest BCUT2D eigenvalue weighted by Crippen LogP contribution is -2.61. The zero-order valence-electron chi connectivity index (χ0n) is 15.3. The zero-order chi connectivity index (χ0) is 19.8. The molecule has 0 bridgehead atoms. The van der Waals surface area contributed by atoms with Crippen molar-refractivity contribution in [3.05, 3.63) is 52.0 Å². The minimum absolute atomic E-state index is 0.0268. The van der Waals surface area contributed by atoms with Crippen LogP contribution in [-0.2, 0) is 0 Å². The van der Waals surface area contributed by atoms with Crippen LogP contribution in [0.4, 0.5) is 10.5 Å². The summed E-state index contributed by atoms with van der Waals surface area (Å²) >= 11 is 19.6. The van der Waals surface area contributed by atoms with Crippen LogP contribution < -0.4 is 10.2 Å². The predicted octanol–water partition coefficient (Wildman–Crippen LogP) is 5.02. The van der Waals surface area contributed by atoms with E-state index in [0.717, 1.165) is 24.8 Å². The number of carbonyl (C=O) groups is 1. The van der Waals surface area contributed by atoms with Crippen LogP contribution in [0.3, 0.4) is 0 Å². The van der Waals surface area contributed by atoms with Crippen LogP contribution in [0.25, 0.3) is 0 Å². The SMILES string of the molecule is O=C1NCC2C(C3CC=CCC3Cl)CC(CO)=CC2N1c1c(Cl)cccc1Cl. The summed E-state index contributed by atoms with van der Waals surface area (Å²) in [5, 5.41) is 13.8. The van der Waals surface area contributed by atoms with E-state index in [4.69, 9.17) is 34.8 Å². The number of benzene rings is 1. The Morgan fingerprint density at radius 3 is 2.50 bits per heavy atom. The summed E-state index contributed by atoms with van der Waals surface area (Å²) in [5.74, 6) is 0.722. The number of rotatable bonds is 3. The molecule has 7 heteroatoms. The molecule has 2 aliphatic carbocycles. The number of aliphatic hydroxyl groups excluding tert-OH is 1. The molecular weight excluding hydrogens is 419 g/mol. The lowest BCUT2D eigenvalue weighted by Gasteiger charge is -2.49. The summed E-state index contributed by atoms with van der Waals surface area (Å²) in [7, 11) is 0.